The number of carbonyl (C=O) groups excluding carboxylic acids is 2. The number of fused-ring (bicyclic) bond motifs is 1. The van der Waals surface area contributed by atoms with Crippen molar-refractivity contribution in [2.24, 2.45) is 5.10 Å². The number of aromatic hydroxyl groups is 1. The first-order chi connectivity index (χ1) is 15.9. The monoisotopic (exact) mass is 463 g/mol. The maximum absolute atomic E-state index is 12.3. The highest BCUT2D eigenvalue weighted by Gasteiger charge is 2.25. The van der Waals surface area contributed by atoms with Crippen LogP contribution < -0.4 is 5.43 Å². The average molecular weight is 464 g/mol. The molecule has 4 rings (SSSR count). The van der Waals surface area contributed by atoms with Crippen LogP contribution >= 0.6 is 11.6 Å². The molecule has 3 aromatic rings. The summed E-state index contributed by atoms with van der Waals surface area (Å²) in [5.41, 5.74) is 4.74. The van der Waals surface area contributed by atoms with Gasteiger partial charge in [0, 0.05) is 30.6 Å². The lowest BCUT2D eigenvalue weighted by Gasteiger charge is -2.28. The SMILES string of the molecule is CC(=O)N(Cc1ccc(/C=N/NC(=O)c2ccc(O)c(Cl)c2)c2ccccc12)C1CCCC1. The van der Waals surface area contributed by atoms with Gasteiger partial charge in [-0.05, 0) is 47.4 Å². The molecule has 1 aliphatic rings. The first-order valence-corrected chi connectivity index (χ1v) is 11.4. The van der Waals surface area contributed by atoms with E-state index < -0.39 is 5.91 Å². The molecule has 0 heterocycles. The highest BCUT2D eigenvalue weighted by Crippen LogP contribution is 2.28. The van der Waals surface area contributed by atoms with Crippen molar-refractivity contribution in [3.05, 3.63) is 76.3 Å². The zero-order valence-electron chi connectivity index (χ0n) is 18.4. The Hall–Kier alpha value is -3.38. The van der Waals surface area contributed by atoms with Crippen LogP contribution in [0.4, 0.5) is 0 Å². The summed E-state index contributed by atoms with van der Waals surface area (Å²) >= 11 is 5.87. The van der Waals surface area contributed by atoms with Gasteiger partial charge in [-0.15, -0.1) is 0 Å². The number of amides is 2. The molecule has 7 heteroatoms. The highest BCUT2D eigenvalue weighted by molar-refractivity contribution is 6.32. The molecule has 0 saturated heterocycles. The number of nitrogens with zero attached hydrogens (tertiary/aromatic N) is 2. The summed E-state index contributed by atoms with van der Waals surface area (Å²) in [6, 6.07) is 16.5. The van der Waals surface area contributed by atoms with E-state index in [0.29, 0.717) is 18.2 Å². The van der Waals surface area contributed by atoms with Gasteiger partial charge in [0.2, 0.25) is 5.91 Å². The maximum Gasteiger partial charge on any atom is 0.271 e. The third-order valence-electron chi connectivity index (χ3n) is 6.14. The van der Waals surface area contributed by atoms with Gasteiger partial charge >= 0.3 is 0 Å². The van der Waals surface area contributed by atoms with E-state index in [2.05, 4.69) is 10.5 Å². The van der Waals surface area contributed by atoms with Gasteiger partial charge < -0.3 is 10.0 Å². The molecule has 1 aliphatic carbocycles. The van der Waals surface area contributed by atoms with Gasteiger partial charge in [-0.1, -0.05) is 60.8 Å². The Kier molecular flexibility index (Phi) is 6.94. The summed E-state index contributed by atoms with van der Waals surface area (Å²) in [5.74, 6) is -0.407. The number of hydrogen-bond acceptors (Lipinski definition) is 4. The van der Waals surface area contributed by atoms with Gasteiger partial charge in [0.1, 0.15) is 5.75 Å². The molecule has 1 fully saturated rings. The van der Waals surface area contributed by atoms with E-state index in [1.54, 1.807) is 13.1 Å². The molecule has 0 aliphatic heterocycles. The molecule has 2 amide bonds. The summed E-state index contributed by atoms with van der Waals surface area (Å²) in [6.45, 7) is 2.22. The second kappa shape index (κ2) is 10.0. The molecule has 0 unspecified atom stereocenters. The van der Waals surface area contributed by atoms with Crippen LogP contribution in [0.25, 0.3) is 10.8 Å². The van der Waals surface area contributed by atoms with Crippen molar-refractivity contribution < 1.29 is 14.7 Å². The third kappa shape index (κ3) is 5.17. The topological polar surface area (TPSA) is 82.0 Å². The Balaban J connectivity index is 1.55. The van der Waals surface area contributed by atoms with Crippen LogP contribution in [0.1, 0.15) is 54.1 Å². The number of nitrogens with one attached hydrogen (secondary N) is 1. The number of benzene rings is 3. The van der Waals surface area contributed by atoms with E-state index in [0.717, 1.165) is 34.7 Å². The smallest absolute Gasteiger partial charge is 0.271 e. The standard InChI is InChI=1S/C26H26ClN3O3/c1-17(31)30(21-6-2-3-7-21)16-20-11-10-19(22-8-4-5-9-23(20)22)15-28-29-26(33)18-12-13-25(32)24(27)14-18/h4-5,8-15,21,32H,2-3,6-7,16H2,1H3,(H,29,33)/b28-15+. The Bertz CT molecular complexity index is 1220. The van der Waals surface area contributed by atoms with Crippen molar-refractivity contribution in [3.8, 4) is 5.75 Å². The van der Waals surface area contributed by atoms with Crippen LogP contribution in [0.15, 0.2) is 59.7 Å². The number of hydrogen-bond donors (Lipinski definition) is 2. The van der Waals surface area contributed by atoms with Crippen molar-refractivity contribution >= 4 is 40.4 Å². The first-order valence-electron chi connectivity index (χ1n) is 11.0. The molecule has 0 atom stereocenters. The fourth-order valence-corrected chi connectivity index (χ4v) is 4.59. The number of halogens is 1. The van der Waals surface area contributed by atoms with Crippen molar-refractivity contribution in [2.45, 2.75) is 45.2 Å². The van der Waals surface area contributed by atoms with E-state index >= 15 is 0 Å². The molecular weight excluding hydrogens is 438 g/mol. The largest absolute Gasteiger partial charge is 0.506 e. The van der Waals surface area contributed by atoms with Crippen molar-refractivity contribution in [3.63, 3.8) is 0 Å². The Morgan fingerprint density at radius 3 is 2.55 bits per heavy atom. The molecule has 33 heavy (non-hydrogen) atoms. The quantitative estimate of drug-likeness (QED) is 0.386. The zero-order chi connectivity index (χ0) is 23.4. The molecule has 0 bridgehead atoms. The number of phenols is 1. The molecule has 0 radical (unpaired) electrons. The number of hydrazone groups is 1. The zero-order valence-corrected chi connectivity index (χ0v) is 19.2. The minimum Gasteiger partial charge on any atom is -0.506 e. The molecular formula is C26H26ClN3O3. The third-order valence-corrected chi connectivity index (χ3v) is 6.44. The van der Waals surface area contributed by atoms with Crippen LogP contribution in [0.5, 0.6) is 5.75 Å². The summed E-state index contributed by atoms with van der Waals surface area (Å²) < 4.78 is 0. The maximum atomic E-state index is 12.3. The highest BCUT2D eigenvalue weighted by atomic mass is 35.5. The average Bonchev–Trinajstić information content (AvgIpc) is 3.34. The minimum absolute atomic E-state index is 0.0838. The Morgan fingerprint density at radius 1 is 1.12 bits per heavy atom. The molecule has 0 spiro atoms. The van der Waals surface area contributed by atoms with Crippen LogP contribution in [0, 0.1) is 0 Å². The lowest BCUT2D eigenvalue weighted by atomic mass is 9.99. The number of carbonyl (C=O) groups is 2. The molecule has 2 N–H and O–H groups in total. The summed E-state index contributed by atoms with van der Waals surface area (Å²) in [4.78, 5) is 26.7. The fourth-order valence-electron chi connectivity index (χ4n) is 4.41. The van der Waals surface area contributed by atoms with Gasteiger partial charge in [-0.2, -0.15) is 5.10 Å². The number of rotatable bonds is 6. The normalized spacial score (nSPS) is 14.1. The number of phenolic OH excluding ortho intramolecular Hbond substituents is 1. The molecule has 6 nitrogen and oxygen atoms in total. The molecule has 1 saturated carbocycles. The van der Waals surface area contributed by atoms with E-state index in [9.17, 15) is 14.7 Å². The van der Waals surface area contributed by atoms with Crippen LogP contribution in [-0.2, 0) is 11.3 Å². The van der Waals surface area contributed by atoms with Gasteiger partial charge in [0.05, 0.1) is 11.2 Å². The molecule has 0 aromatic heterocycles. The van der Waals surface area contributed by atoms with Gasteiger partial charge in [-0.3, -0.25) is 9.59 Å². The first kappa shape index (κ1) is 22.8. The van der Waals surface area contributed by atoms with Crippen LogP contribution in [0.3, 0.4) is 0 Å². The molecule has 170 valence electrons. The lowest BCUT2D eigenvalue weighted by molar-refractivity contribution is -0.131. The molecule has 3 aromatic carbocycles. The van der Waals surface area contributed by atoms with E-state index in [1.807, 2.05) is 41.3 Å². The summed E-state index contributed by atoms with van der Waals surface area (Å²) in [5, 5.41) is 15.8. The van der Waals surface area contributed by atoms with Crippen molar-refractivity contribution in [1.29, 1.82) is 0 Å². The predicted octanol–water partition coefficient (Wildman–Crippen LogP) is 5.25. The van der Waals surface area contributed by atoms with Crippen LogP contribution in [-0.4, -0.2) is 34.1 Å². The predicted molar refractivity (Wildman–Crippen MR) is 131 cm³/mol. The van der Waals surface area contributed by atoms with E-state index in [-0.39, 0.29) is 16.7 Å². The van der Waals surface area contributed by atoms with Crippen molar-refractivity contribution in [1.82, 2.24) is 10.3 Å². The van der Waals surface area contributed by atoms with Crippen molar-refractivity contribution in [2.75, 3.05) is 0 Å². The van der Waals surface area contributed by atoms with Crippen LogP contribution in [0.2, 0.25) is 5.02 Å². The van der Waals surface area contributed by atoms with E-state index in [1.165, 1.54) is 31.0 Å². The fraction of sp³-hybridized carbons (Fsp3) is 0.269. The minimum atomic E-state index is -0.428. The van der Waals surface area contributed by atoms with Gasteiger partial charge in [0.25, 0.3) is 5.91 Å². The Labute approximate surface area is 197 Å². The second-order valence-corrected chi connectivity index (χ2v) is 8.72. The summed E-state index contributed by atoms with van der Waals surface area (Å²) in [7, 11) is 0. The summed E-state index contributed by atoms with van der Waals surface area (Å²) in [6.07, 6.45) is 6.08. The van der Waals surface area contributed by atoms with Gasteiger partial charge in [-0.25, -0.2) is 5.43 Å². The lowest BCUT2D eigenvalue weighted by Crippen LogP contribution is -2.36. The van der Waals surface area contributed by atoms with E-state index in [4.69, 9.17) is 11.6 Å². The second-order valence-electron chi connectivity index (χ2n) is 8.31. The Morgan fingerprint density at radius 2 is 1.85 bits per heavy atom. The van der Waals surface area contributed by atoms with Gasteiger partial charge in [0.15, 0.2) is 0 Å².